The van der Waals surface area contributed by atoms with Gasteiger partial charge in [-0.05, 0) is 68.8 Å². The molecule has 8 heteroatoms. The Morgan fingerprint density at radius 3 is 2.58 bits per heavy atom. The van der Waals surface area contributed by atoms with E-state index in [9.17, 15) is 9.59 Å². The van der Waals surface area contributed by atoms with Crippen molar-refractivity contribution < 1.29 is 18.7 Å². The summed E-state index contributed by atoms with van der Waals surface area (Å²) in [6.45, 7) is 5.80. The fraction of sp³-hybridized carbons (Fsp3) is 0.200. The van der Waals surface area contributed by atoms with Crippen molar-refractivity contribution >= 4 is 41.2 Å². The molecule has 0 saturated heterocycles. The van der Waals surface area contributed by atoms with Gasteiger partial charge >= 0.3 is 5.97 Å². The molecule has 33 heavy (non-hydrogen) atoms. The Morgan fingerprint density at radius 1 is 1.15 bits per heavy atom. The number of amides is 1. The van der Waals surface area contributed by atoms with Crippen LogP contribution >= 0.6 is 23.2 Å². The molecule has 3 heterocycles. The van der Waals surface area contributed by atoms with Gasteiger partial charge in [-0.2, -0.15) is 0 Å². The highest BCUT2D eigenvalue weighted by Crippen LogP contribution is 2.35. The summed E-state index contributed by atoms with van der Waals surface area (Å²) in [5.41, 5.74) is 4.29. The lowest BCUT2D eigenvalue weighted by Gasteiger charge is -2.16. The number of hydrogen-bond acceptors (Lipinski definition) is 4. The molecule has 0 unspecified atom stereocenters. The predicted molar refractivity (Wildman–Crippen MR) is 127 cm³/mol. The number of hydrogen-bond donors (Lipinski definition) is 0. The van der Waals surface area contributed by atoms with Crippen molar-refractivity contribution in [2.45, 2.75) is 27.3 Å². The Labute approximate surface area is 201 Å². The molecule has 0 radical (unpaired) electrons. The first-order valence-corrected chi connectivity index (χ1v) is 11.0. The summed E-state index contributed by atoms with van der Waals surface area (Å²) in [7, 11) is 1.30. The van der Waals surface area contributed by atoms with Gasteiger partial charge in [-0.15, -0.1) is 0 Å². The first-order chi connectivity index (χ1) is 15.7. The number of allylic oxidation sites excluding steroid dienone is 1. The quantitative estimate of drug-likeness (QED) is 0.335. The van der Waals surface area contributed by atoms with E-state index in [1.54, 1.807) is 49.6 Å². The molecule has 4 rings (SSSR count). The smallest absolute Gasteiger partial charge is 0.340 e. The summed E-state index contributed by atoms with van der Waals surface area (Å²) in [5, 5.41) is 1.11. The van der Waals surface area contributed by atoms with Gasteiger partial charge in [-0.3, -0.25) is 4.79 Å². The standard InChI is InChI=1S/C25H22Cl2N2O4/c1-14-10-17(15(2)29(14)22-12-18(26)7-8-21(22)27)11-20-23(25(31)32-4)16(3)28(24(20)30)13-19-6-5-9-33-19/h5-12H,13H2,1-4H3. The lowest BCUT2D eigenvalue weighted by Crippen LogP contribution is -2.24. The molecule has 0 bridgehead atoms. The lowest BCUT2D eigenvalue weighted by atomic mass is 10.0. The van der Waals surface area contributed by atoms with Gasteiger partial charge in [0.1, 0.15) is 5.76 Å². The molecule has 0 aliphatic carbocycles. The van der Waals surface area contributed by atoms with Crippen LogP contribution in [0.5, 0.6) is 0 Å². The molecule has 0 saturated carbocycles. The Kier molecular flexibility index (Phi) is 6.23. The second-order valence-electron chi connectivity index (χ2n) is 7.74. The molecule has 1 aromatic carbocycles. The molecular weight excluding hydrogens is 463 g/mol. The fourth-order valence-corrected chi connectivity index (χ4v) is 4.46. The number of aryl methyl sites for hydroxylation is 1. The Morgan fingerprint density at radius 2 is 1.91 bits per heavy atom. The third kappa shape index (κ3) is 4.12. The van der Waals surface area contributed by atoms with Crippen molar-refractivity contribution in [3.8, 4) is 5.69 Å². The van der Waals surface area contributed by atoms with Gasteiger partial charge in [0.15, 0.2) is 0 Å². The van der Waals surface area contributed by atoms with E-state index in [4.69, 9.17) is 32.4 Å². The molecule has 0 fully saturated rings. The molecule has 2 aromatic heterocycles. The largest absolute Gasteiger partial charge is 0.467 e. The van der Waals surface area contributed by atoms with E-state index in [2.05, 4.69) is 0 Å². The van der Waals surface area contributed by atoms with E-state index in [0.717, 1.165) is 22.6 Å². The highest BCUT2D eigenvalue weighted by Gasteiger charge is 2.37. The number of furan rings is 1. The second kappa shape index (κ2) is 8.96. The van der Waals surface area contributed by atoms with E-state index >= 15 is 0 Å². The van der Waals surface area contributed by atoms with Crippen LogP contribution in [-0.2, 0) is 20.9 Å². The number of esters is 1. The van der Waals surface area contributed by atoms with Crippen LogP contribution in [0.15, 0.2) is 63.9 Å². The number of rotatable bonds is 5. The number of aromatic nitrogens is 1. The maximum atomic E-state index is 13.4. The summed E-state index contributed by atoms with van der Waals surface area (Å²) in [5.74, 6) is -0.252. The van der Waals surface area contributed by atoms with Crippen LogP contribution < -0.4 is 0 Å². The average molecular weight is 485 g/mol. The minimum atomic E-state index is -0.569. The molecule has 1 aliphatic heterocycles. The van der Waals surface area contributed by atoms with E-state index in [0.29, 0.717) is 21.5 Å². The highest BCUT2D eigenvalue weighted by molar-refractivity contribution is 6.34. The van der Waals surface area contributed by atoms with Crippen LogP contribution in [0, 0.1) is 13.8 Å². The van der Waals surface area contributed by atoms with Crippen LogP contribution in [0.25, 0.3) is 11.8 Å². The number of halogens is 2. The van der Waals surface area contributed by atoms with Crippen LogP contribution in [0.3, 0.4) is 0 Å². The van der Waals surface area contributed by atoms with Crippen molar-refractivity contribution in [2.24, 2.45) is 0 Å². The Hall–Kier alpha value is -3.22. The average Bonchev–Trinajstić information content (AvgIpc) is 3.45. The van der Waals surface area contributed by atoms with Crippen LogP contribution in [-0.4, -0.2) is 28.5 Å². The topological polar surface area (TPSA) is 64.7 Å². The molecule has 6 nitrogen and oxygen atoms in total. The SMILES string of the molecule is COC(=O)C1=C(C)N(Cc2ccco2)C(=O)C1=Cc1cc(C)n(-c2cc(Cl)ccc2Cl)c1C. The minimum absolute atomic E-state index is 0.215. The van der Waals surface area contributed by atoms with Crippen molar-refractivity contribution in [1.29, 1.82) is 0 Å². The van der Waals surface area contributed by atoms with E-state index in [-0.39, 0.29) is 23.6 Å². The monoisotopic (exact) mass is 484 g/mol. The first kappa shape index (κ1) is 23.0. The van der Waals surface area contributed by atoms with Gasteiger partial charge in [0.2, 0.25) is 0 Å². The van der Waals surface area contributed by atoms with E-state index < -0.39 is 5.97 Å². The normalized spacial score (nSPS) is 15.2. The van der Waals surface area contributed by atoms with Gasteiger partial charge in [0, 0.05) is 22.1 Å². The first-order valence-electron chi connectivity index (χ1n) is 10.2. The van der Waals surface area contributed by atoms with Gasteiger partial charge in [-0.1, -0.05) is 23.2 Å². The lowest BCUT2D eigenvalue weighted by molar-refractivity contribution is -0.136. The fourth-order valence-electron chi connectivity index (χ4n) is 4.09. The summed E-state index contributed by atoms with van der Waals surface area (Å²) in [6, 6.07) is 10.7. The highest BCUT2D eigenvalue weighted by atomic mass is 35.5. The minimum Gasteiger partial charge on any atom is -0.467 e. The van der Waals surface area contributed by atoms with Crippen molar-refractivity contribution in [3.63, 3.8) is 0 Å². The summed E-state index contributed by atoms with van der Waals surface area (Å²) < 4.78 is 12.3. The zero-order valence-electron chi connectivity index (χ0n) is 18.6. The maximum Gasteiger partial charge on any atom is 0.340 e. The molecular formula is C25H22Cl2N2O4. The van der Waals surface area contributed by atoms with Crippen LogP contribution in [0.2, 0.25) is 10.0 Å². The van der Waals surface area contributed by atoms with Crippen molar-refractivity contribution in [3.05, 3.63) is 92.3 Å². The molecule has 170 valence electrons. The van der Waals surface area contributed by atoms with E-state index in [1.165, 1.54) is 12.0 Å². The van der Waals surface area contributed by atoms with Gasteiger partial charge in [0.25, 0.3) is 5.91 Å². The zero-order chi connectivity index (χ0) is 23.9. The molecule has 0 atom stereocenters. The maximum absolute atomic E-state index is 13.4. The zero-order valence-corrected chi connectivity index (χ0v) is 20.1. The predicted octanol–water partition coefficient (Wildman–Crippen LogP) is 5.87. The van der Waals surface area contributed by atoms with Gasteiger partial charge in [0.05, 0.1) is 41.8 Å². The molecule has 1 amide bonds. The molecule has 0 N–H and O–H groups in total. The van der Waals surface area contributed by atoms with Gasteiger partial charge in [-0.25, -0.2) is 4.79 Å². The number of carbonyl (C=O) groups is 2. The van der Waals surface area contributed by atoms with Crippen molar-refractivity contribution in [1.82, 2.24) is 9.47 Å². The van der Waals surface area contributed by atoms with Crippen LogP contribution in [0.1, 0.15) is 29.6 Å². The van der Waals surface area contributed by atoms with Crippen molar-refractivity contribution in [2.75, 3.05) is 7.11 Å². The summed E-state index contributed by atoms with van der Waals surface area (Å²) in [6.07, 6.45) is 3.26. The number of ether oxygens (including phenoxy) is 1. The Balaban J connectivity index is 1.81. The third-order valence-corrected chi connectivity index (χ3v) is 6.27. The number of methoxy groups -OCH3 is 1. The van der Waals surface area contributed by atoms with Crippen LogP contribution in [0.4, 0.5) is 0 Å². The number of benzene rings is 1. The summed E-state index contributed by atoms with van der Waals surface area (Å²) in [4.78, 5) is 27.5. The molecule has 1 aliphatic rings. The number of carbonyl (C=O) groups excluding carboxylic acids is 2. The molecule has 3 aromatic rings. The van der Waals surface area contributed by atoms with E-state index in [1.807, 2.05) is 24.5 Å². The third-order valence-electron chi connectivity index (χ3n) is 5.71. The summed E-state index contributed by atoms with van der Waals surface area (Å²) >= 11 is 12.6. The number of nitrogens with zero attached hydrogens (tertiary/aromatic N) is 2. The van der Waals surface area contributed by atoms with Gasteiger partial charge < -0.3 is 18.6 Å². The Bertz CT molecular complexity index is 1320. The second-order valence-corrected chi connectivity index (χ2v) is 8.58. The molecule has 0 spiro atoms.